The Hall–Kier alpha value is -3.20. The number of aromatic amines is 2. The molecule has 4 N–H and O–H groups in total. The third-order valence-corrected chi connectivity index (χ3v) is 6.22. The lowest BCUT2D eigenvalue weighted by Crippen LogP contribution is -2.30. The molecule has 2 heterocycles. The minimum Gasteiger partial charge on any atom is -0.493 e. The predicted molar refractivity (Wildman–Crippen MR) is 120 cm³/mol. The quantitative estimate of drug-likeness (QED) is 0.329. The van der Waals surface area contributed by atoms with Crippen LogP contribution in [0.2, 0.25) is 0 Å². The molecule has 9 nitrogen and oxygen atoms in total. The molecule has 170 valence electrons. The molecule has 0 spiro atoms. The average molecular weight is 440 g/mol. The topological polar surface area (TPSA) is 133 Å². The van der Waals surface area contributed by atoms with Gasteiger partial charge in [-0.25, -0.2) is 10.5 Å². The monoisotopic (exact) mass is 439 g/mol. The van der Waals surface area contributed by atoms with Crippen LogP contribution in [0.4, 0.5) is 0 Å². The molecule has 1 fully saturated rings. The third kappa shape index (κ3) is 4.25. The van der Waals surface area contributed by atoms with Crippen LogP contribution in [0, 0.1) is 5.92 Å². The molecule has 0 radical (unpaired) electrons. The Morgan fingerprint density at radius 2 is 2.00 bits per heavy atom. The van der Waals surface area contributed by atoms with E-state index < -0.39 is 0 Å². The van der Waals surface area contributed by atoms with Crippen LogP contribution in [-0.2, 0) is 11.2 Å². The lowest BCUT2D eigenvalue weighted by Gasteiger charge is -2.28. The Bertz CT molecular complexity index is 1160. The van der Waals surface area contributed by atoms with Crippen molar-refractivity contribution < 1.29 is 14.7 Å². The van der Waals surface area contributed by atoms with Gasteiger partial charge in [-0.15, -0.1) is 0 Å². The van der Waals surface area contributed by atoms with Crippen LogP contribution in [0.25, 0.3) is 22.4 Å². The van der Waals surface area contributed by atoms with Crippen molar-refractivity contribution in [2.45, 2.75) is 58.3 Å². The number of fused-ring (bicyclic) bond motifs is 1. The smallest absolute Gasteiger partial charge is 0.279 e. The van der Waals surface area contributed by atoms with Gasteiger partial charge < -0.3 is 9.72 Å². The number of aryl methyl sites for hydroxylation is 1. The Morgan fingerprint density at radius 1 is 1.22 bits per heavy atom. The first-order valence-electron chi connectivity index (χ1n) is 11.2. The summed E-state index contributed by atoms with van der Waals surface area (Å²) in [4.78, 5) is 32.0. The van der Waals surface area contributed by atoms with Gasteiger partial charge in [-0.05, 0) is 62.6 Å². The summed E-state index contributed by atoms with van der Waals surface area (Å²) >= 11 is 0. The van der Waals surface area contributed by atoms with E-state index in [1.54, 1.807) is 5.48 Å². The van der Waals surface area contributed by atoms with Crippen LogP contribution < -0.4 is 15.8 Å². The summed E-state index contributed by atoms with van der Waals surface area (Å²) in [5, 5.41) is 16.0. The highest BCUT2D eigenvalue weighted by molar-refractivity contribution is 5.79. The van der Waals surface area contributed by atoms with Crippen LogP contribution in [0.3, 0.4) is 0 Å². The number of carbonyl (C=O) groups is 1. The van der Waals surface area contributed by atoms with Crippen molar-refractivity contribution in [2.75, 3.05) is 6.61 Å². The molecule has 3 aromatic rings. The summed E-state index contributed by atoms with van der Waals surface area (Å²) in [5.74, 6) is 0.936. The van der Waals surface area contributed by atoms with Crippen LogP contribution >= 0.6 is 0 Å². The highest BCUT2D eigenvalue weighted by atomic mass is 16.5. The number of rotatable bonds is 7. The fourth-order valence-electron chi connectivity index (χ4n) is 4.56. The molecular formula is C23H29N5O4. The summed E-state index contributed by atoms with van der Waals surface area (Å²) in [6.45, 7) is 4.48. The molecule has 4 rings (SSSR count). The number of hydrogen-bond acceptors (Lipinski definition) is 6. The van der Waals surface area contributed by atoms with Gasteiger partial charge in [0.25, 0.3) is 5.56 Å². The van der Waals surface area contributed by atoms with Crippen molar-refractivity contribution in [1.29, 1.82) is 0 Å². The van der Waals surface area contributed by atoms with Crippen molar-refractivity contribution >= 4 is 16.9 Å². The van der Waals surface area contributed by atoms with Gasteiger partial charge >= 0.3 is 0 Å². The molecule has 0 aliphatic heterocycles. The van der Waals surface area contributed by atoms with Crippen molar-refractivity contribution in [3.63, 3.8) is 0 Å². The third-order valence-electron chi connectivity index (χ3n) is 6.22. The molecular weight excluding hydrogens is 410 g/mol. The second-order valence-electron chi connectivity index (χ2n) is 8.28. The van der Waals surface area contributed by atoms with E-state index in [2.05, 4.69) is 22.1 Å². The average Bonchev–Trinajstić information content (AvgIpc) is 3.23. The lowest BCUT2D eigenvalue weighted by molar-refractivity contribution is -0.134. The van der Waals surface area contributed by atoms with Gasteiger partial charge in [0.1, 0.15) is 17.1 Å². The molecule has 0 bridgehead atoms. The highest BCUT2D eigenvalue weighted by Gasteiger charge is 2.27. The van der Waals surface area contributed by atoms with Gasteiger partial charge in [-0.2, -0.15) is 5.10 Å². The molecule has 1 saturated carbocycles. The zero-order chi connectivity index (χ0) is 22.7. The minimum absolute atomic E-state index is 0.156. The van der Waals surface area contributed by atoms with Gasteiger partial charge in [0.05, 0.1) is 17.9 Å². The fourth-order valence-corrected chi connectivity index (χ4v) is 4.56. The number of nitrogens with zero attached hydrogens (tertiary/aromatic N) is 2. The zero-order valence-corrected chi connectivity index (χ0v) is 18.4. The van der Waals surface area contributed by atoms with E-state index in [0.717, 1.165) is 55.3 Å². The summed E-state index contributed by atoms with van der Waals surface area (Å²) in [5.41, 5.74) is 5.10. The zero-order valence-electron chi connectivity index (χ0n) is 18.4. The number of nitrogens with one attached hydrogen (secondary N) is 3. The molecule has 2 aromatic heterocycles. The Labute approximate surface area is 185 Å². The molecule has 0 saturated heterocycles. The Morgan fingerprint density at radius 3 is 2.69 bits per heavy atom. The number of hydrogen-bond donors (Lipinski definition) is 4. The molecule has 32 heavy (non-hydrogen) atoms. The van der Waals surface area contributed by atoms with Crippen LogP contribution in [0.5, 0.6) is 5.75 Å². The van der Waals surface area contributed by atoms with E-state index in [0.29, 0.717) is 29.2 Å². The van der Waals surface area contributed by atoms with Gasteiger partial charge in [0, 0.05) is 5.92 Å². The summed E-state index contributed by atoms with van der Waals surface area (Å²) in [7, 11) is 0. The Kier molecular flexibility index (Phi) is 6.55. The van der Waals surface area contributed by atoms with Crippen LogP contribution in [-0.4, -0.2) is 37.9 Å². The fraction of sp³-hybridized carbons (Fsp3) is 0.478. The normalized spacial score (nSPS) is 18.6. The number of ether oxygens (including phenoxy) is 1. The predicted octanol–water partition coefficient (Wildman–Crippen LogP) is 3.44. The first kappa shape index (κ1) is 22.0. The van der Waals surface area contributed by atoms with Crippen LogP contribution in [0.15, 0.2) is 23.0 Å². The van der Waals surface area contributed by atoms with E-state index in [1.807, 2.05) is 25.1 Å². The standard InChI is InChI=1S/C23H29N5O4/c1-3-5-17-19-20(27-26-17)23(30)25-21(24-19)16-12-15(10-11-18(16)32-4-2)13-6-8-14(9-7-13)22(29)28-31/h10-14,31H,3-9H2,1-2H3,(H,26,27)(H,28,29)(H,24,25,30). The van der Waals surface area contributed by atoms with Crippen molar-refractivity contribution in [3.8, 4) is 17.1 Å². The minimum atomic E-state index is -0.311. The molecule has 0 atom stereocenters. The maximum Gasteiger partial charge on any atom is 0.279 e. The van der Waals surface area contributed by atoms with Gasteiger partial charge in [-0.1, -0.05) is 19.4 Å². The SMILES string of the molecule is CCCc1[nH]nc2c(=O)[nH]c(-c3cc(C4CCC(C(=O)NO)CC4)ccc3OCC)nc12. The molecule has 1 aromatic carbocycles. The maximum absolute atomic E-state index is 12.7. The molecule has 1 amide bonds. The molecule has 1 aliphatic carbocycles. The summed E-state index contributed by atoms with van der Waals surface area (Å²) < 4.78 is 5.84. The number of H-pyrrole nitrogens is 2. The Balaban J connectivity index is 1.71. The van der Waals surface area contributed by atoms with Crippen LogP contribution in [0.1, 0.15) is 63.1 Å². The van der Waals surface area contributed by atoms with Gasteiger partial charge in [-0.3, -0.25) is 19.9 Å². The van der Waals surface area contributed by atoms with E-state index >= 15 is 0 Å². The maximum atomic E-state index is 12.7. The number of hydroxylamine groups is 1. The number of aromatic nitrogens is 4. The van der Waals surface area contributed by atoms with E-state index in [9.17, 15) is 9.59 Å². The second kappa shape index (κ2) is 9.52. The summed E-state index contributed by atoms with van der Waals surface area (Å²) in [6, 6.07) is 6.00. The number of amides is 1. The van der Waals surface area contributed by atoms with E-state index in [-0.39, 0.29) is 23.3 Å². The van der Waals surface area contributed by atoms with Gasteiger partial charge in [0.2, 0.25) is 5.91 Å². The van der Waals surface area contributed by atoms with E-state index in [4.69, 9.17) is 14.9 Å². The number of carbonyl (C=O) groups excluding carboxylic acids is 1. The molecule has 9 heteroatoms. The van der Waals surface area contributed by atoms with E-state index in [1.165, 1.54) is 0 Å². The first-order valence-corrected chi connectivity index (χ1v) is 11.2. The largest absolute Gasteiger partial charge is 0.493 e. The van der Waals surface area contributed by atoms with Gasteiger partial charge in [0.15, 0.2) is 5.52 Å². The molecule has 0 unspecified atom stereocenters. The number of benzene rings is 1. The molecule has 1 aliphatic rings. The van der Waals surface area contributed by atoms with Crippen molar-refractivity contribution in [2.24, 2.45) is 5.92 Å². The highest BCUT2D eigenvalue weighted by Crippen LogP contribution is 2.39. The second-order valence-corrected chi connectivity index (χ2v) is 8.28. The lowest BCUT2D eigenvalue weighted by atomic mass is 9.78. The van der Waals surface area contributed by atoms with Crippen molar-refractivity contribution in [3.05, 3.63) is 39.8 Å². The first-order chi connectivity index (χ1) is 15.5. The van der Waals surface area contributed by atoms with Crippen molar-refractivity contribution in [1.82, 2.24) is 25.6 Å². The summed E-state index contributed by atoms with van der Waals surface area (Å²) in [6.07, 6.45) is 4.80.